The number of hydrogen-bond donors (Lipinski definition) is 0. The third kappa shape index (κ3) is 1.95. The van der Waals surface area contributed by atoms with Crippen LogP contribution in [0.15, 0.2) is 0 Å². The average Bonchev–Trinajstić information content (AvgIpc) is 2.95. The van der Waals surface area contributed by atoms with Crippen molar-refractivity contribution in [3.63, 3.8) is 0 Å². The quantitative estimate of drug-likeness (QED) is 0.425. The normalized spacial score (nSPS) is 43.8. The number of rotatable bonds is 4. The summed E-state index contributed by atoms with van der Waals surface area (Å²) in [6, 6.07) is 1.34. The van der Waals surface area contributed by atoms with Gasteiger partial charge in [-0.3, -0.25) is 4.79 Å². The third-order valence-electron chi connectivity index (χ3n) is 5.01. The molecule has 3 aliphatic rings. The molecule has 3 fully saturated rings. The highest BCUT2D eigenvalue weighted by Crippen LogP contribution is 2.60. The largest absolute Gasteiger partial charge is 0.465 e. The van der Waals surface area contributed by atoms with Gasteiger partial charge in [-0.05, 0) is 37.5 Å². The number of cyclic esters (lactones) is 1. The zero-order valence-corrected chi connectivity index (χ0v) is 12.6. The Morgan fingerprint density at radius 1 is 1.47 bits per heavy atom. The van der Waals surface area contributed by atoms with Crippen molar-refractivity contribution in [1.29, 1.82) is 0 Å². The van der Waals surface area contributed by atoms with E-state index in [1.54, 1.807) is 0 Å². The molecule has 0 aromatic rings. The van der Waals surface area contributed by atoms with Crippen LogP contribution in [-0.2, 0) is 14.3 Å². The molecule has 2 bridgehead atoms. The SMILES string of the molecule is O=C1CC2(CO1)CC1CC2CC1OCCC[SiH3]. The second-order valence-corrected chi connectivity index (χ2v) is 7.10. The van der Waals surface area contributed by atoms with Gasteiger partial charge >= 0.3 is 5.97 Å². The van der Waals surface area contributed by atoms with Gasteiger partial charge in [0, 0.05) is 22.3 Å². The van der Waals surface area contributed by atoms with Gasteiger partial charge in [-0.2, -0.15) is 0 Å². The summed E-state index contributed by atoms with van der Waals surface area (Å²) in [4.78, 5) is 11.3. The molecule has 0 N–H and O–H groups in total. The van der Waals surface area contributed by atoms with E-state index in [4.69, 9.17) is 9.47 Å². The number of ether oxygens (including phenoxy) is 2. The molecule has 3 nitrogen and oxygen atoms in total. The van der Waals surface area contributed by atoms with Gasteiger partial charge in [0.25, 0.3) is 0 Å². The van der Waals surface area contributed by atoms with Crippen molar-refractivity contribution >= 4 is 16.2 Å². The van der Waals surface area contributed by atoms with Crippen LogP contribution in [-0.4, -0.2) is 35.5 Å². The maximum atomic E-state index is 11.3. The first kappa shape index (κ1) is 11.7. The molecule has 4 unspecified atom stereocenters. The number of esters is 1. The lowest BCUT2D eigenvalue weighted by molar-refractivity contribution is -0.137. The smallest absolute Gasteiger partial charge is 0.306 e. The highest BCUT2D eigenvalue weighted by Gasteiger charge is 2.58. The summed E-state index contributed by atoms with van der Waals surface area (Å²) in [5.41, 5.74) is 0.208. The standard InChI is InChI=1S/C13H22O3Si/c14-12-7-13(8-16-12)6-9-4-10(13)5-11(9)15-2-1-3-17/h9-11H,1-8H2,17H3. The van der Waals surface area contributed by atoms with Crippen LogP contribution in [0, 0.1) is 17.3 Å². The third-order valence-corrected chi connectivity index (χ3v) is 5.72. The van der Waals surface area contributed by atoms with E-state index in [2.05, 4.69) is 0 Å². The Balaban J connectivity index is 1.57. The van der Waals surface area contributed by atoms with Gasteiger partial charge in [-0.15, -0.1) is 0 Å². The molecule has 4 atom stereocenters. The van der Waals surface area contributed by atoms with Crippen LogP contribution in [0.5, 0.6) is 0 Å². The minimum absolute atomic E-state index is 0.0194. The van der Waals surface area contributed by atoms with Crippen molar-refractivity contribution in [3.05, 3.63) is 0 Å². The lowest BCUT2D eigenvalue weighted by Crippen LogP contribution is -2.34. The first-order valence-corrected chi connectivity index (χ1v) is 8.42. The highest BCUT2D eigenvalue weighted by molar-refractivity contribution is 6.08. The Morgan fingerprint density at radius 2 is 2.35 bits per heavy atom. The maximum absolute atomic E-state index is 11.3. The molecule has 0 aromatic heterocycles. The Kier molecular flexibility index (Phi) is 3.03. The van der Waals surface area contributed by atoms with Crippen molar-refractivity contribution < 1.29 is 14.3 Å². The molecule has 0 radical (unpaired) electrons. The summed E-state index contributed by atoms with van der Waals surface area (Å²) in [6.07, 6.45) is 5.97. The lowest BCUT2D eigenvalue weighted by Gasteiger charge is -2.34. The summed E-state index contributed by atoms with van der Waals surface area (Å²) in [6.45, 7) is 1.63. The minimum Gasteiger partial charge on any atom is -0.465 e. The molecule has 1 aliphatic heterocycles. The minimum atomic E-state index is 0.0194. The summed E-state index contributed by atoms with van der Waals surface area (Å²) in [5.74, 6) is 1.40. The van der Waals surface area contributed by atoms with Crippen LogP contribution in [0.1, 0.15) is 32.1 Å². The fourth-order valence-electron chi connectivity index (χ4n) is 4.08. The van der Waals surface area contributed by atoms with Gasteiger partial charge < -0.3 is 9.47 Å². The molecule has 96 valence electrons. The van der Waals surface area contributed by atoms with Crippen LogP contribution in [0.25, 0.3) is 0 Å². The fraction of sp³-hybridized carbons (Fsp3) is 0.923. The molecular weight excluding hydrogens is 232 g/mol. The number of hydrogen-bond acceptors (Lipinski definition) is 3. The number of fused-ring (bicyclic) bond motifs is 3. The van der Waals surface area contributed by atoms with Gasteiger partial charge in [0.05, 0.1) is 19.1 Å². The average molecular weight is 254 g/mol. The fourth-order valence-corrected chi connectivity index (χ4v) is 4.37. The van der Waals surface area contributed by atoms with E-state index in [0.29, 0.717) is 31.0 Å². The van der Waals surface area contributed by atoms with E-state index in [1.165, 1.54) is 35.5 Å². The Hall–Kier alpha value is -0.353. The Morgan fingerprint density at radius 3 is 2.94 bits per heavy atom. The number of carbonyl (C=O) groups excluding carboxylic acids is 1. The molecule has 0 amide bonds. The van der Waals surface area contributed by atoms with Gasteiger partial charge in [-0.1, -0.05) is 6.04 Å². The maximum Gasteiger partial charge on any atom is 0.306 e. The topological polar surface area (TPSA) is 35.5 Å². The molecule has 4 heteroatoms. The molecule has 1 heterocycles. The van der Waals surface area contributed by atoms with Crippen molar-refractivity contribution in [3.8, 4) is 0 Å². The van der Waals surface area contributed by atoms with Crippen molar-refractivity contribution in [2.24, 2.45) is 17.3 Å². The van der Waals surface area contributed by atoms with Gasteiger partial charge in [0.1, 0.15) is 0 Å². The summed E-state index contributed by atoms with van der Waals surface area (Å²) >= 11 is 0. The molecule has 1 saturated heterocycles. The first-order valence-electron chi connectivity index (χ1n) is 7.01. The Labute approximate surface area is 106 Å². The summed E-state index contributed by atoms with van der Waals surface area (Å²) < 4.78 is 11.2. The van der Waals surface area contributed by atoms with Crippen molar-refractivity contribution in [2.75, 3.05) is 13.2 Å². The van der Waals surface area contributed by atoms with Gasteiger partial charge in [0.15, 0.2) is 0 Å². The molecule has 3 rings (SSSR count). The summed E-state index contributed by atoms with van der Waals surface area (Å²) in [7, 11) is 1.29. The van der Waals surface area contributed by atoms with Crippen LogP contribution in [0.2, 0.25) is 6.04 Å². The van der Waals surface area contributed by atoms with E-state index in [9.17, 15) is 4.79 Å². The zero-order chi connectivity index (χ0) is 11.9. The van der Waals surface area contributed by atoms with Crippen molar-refractivity contribution in [2.45, 2.75) is 44.3 Å². The van der Waals surface area contributed by atoms with E-state index in [-0.39, 0.29) is 11.4 Å². The van der Waals surface area contributed by atoms with Crippen LogP contribution >= 0.6 is 0 Å². The van der Waals surface area contributed by atoms with Crippen LogP contribution in [0.3, 0.4) is 0 Å². The molecule has 0 aromatic carbocycles. The monoisotopic (exact) mass is 254 g/mol. The first-order chi connectivity index (χ1) is 8.23. The molecule has 17 heavy (non-hydrogen) atoms. The number of carbonyl (C=O) groups is 1. The van der Waals surface area contributed by atoms with E-state index in [0.717, 1.165) is 13.0 Å². The second kappa shape index (κ2) is 4.39. The molecule has 2 saturated carbocycles. The lowest BCUT2D eigenvalue weighted by atomic mass is 9.72. The van der Waals surface area contributed by atoms with Gasteiger partial charge in [-0.25, -0.2) is 0 Å². The Bertz CT molecular complexity index is 320. The molecule has 2 aliphatic carbocycles. The van der Waals surface area contributed by atoms with Crippen LogP contribution in [0.4, 0.5) is 0 Å². The highest BCUT2D eigenvalue weighted by atomic mass is 28.1. The summed E-state index contributed by atoms with van der Waals surface area (Å²) in [5, 5.41) is 0. The second-order valence-electron chi connectivity index (χ2n) is 6.10. The zero-order valence-electron chi connectivity index (χ0n) is 10.6. The van der Waals surface area contributed by atoms with E-state index >= 15 is 0 Å². The predicted molar refractivity (Wildman–Crippen MR) is 67.9 cm³/mol. The van der Waals surface area contributed by atoms with Gasteiger partial charge in [0.2, 0.25) is 0 Å². The molecule has 1 spiro atoms. The van der Waals surface area contributed by atoms with Crippen molar-refractivity contribution in [1.82, 2.24) is 0 Å². The van der Waals surface area contributed by atoms with E-state index < -0.39 is 0 Å². The van der Waals surface area contributed by atoms with Crippen LogP contribution < -0.4 is 0 Å². The molecular formula is C13H22O3Si. The van der Waals surface area contributed by atoms with E-state index in [1.807, 2.05) is 0 Å². The predicted octanol–water partition coefficient (Wildman–Crippen LogP) is 0.909.